The van der Waals surface area contributed by atoms with Crippen molar-refractivity contribution in [2.45, 2.75) is 19.8 Å². The SMILES string of the molecule is CC1CCN(CCOc2ccc(C#Cc3ccc(-c4ccc(Cl)cc4)cn3)cc2)CC1. The van der Waals surface area contributed by atoms with Crippen molar-refractivity contribution in [1.29, 1.82) is 0 Å². The van der Waals surface area contributed by atoms with E-state index in [2.05, 4.69) is 28.6 Å². The summed E-state index contributed by atoms with van der Waals surface area (Å²) in [5.41, 5.74) is 3.82. The number of benzene rings is 2. The van der Waals surface area contributed by atoms with Gasteiger partial charge in [0.05, 0.1) is 0 Å². The lowest BCUT2D eigenvalue weighted by molar-refractivity contribution is 0.160. The molecular weight excluding hydrogens is 404 g/mol. The number of piperidine rings is 1. The first-order valence-corrected chi connectivity index (χ1v) is 11.2. The summed E-state index contributed by atoms with van der Waals surface area (Å²) in [6.45, 7) is 6.43. The molecule has 2 heterocycles. The van der Waals surface area contributed by atoms with E-state index < -0.39 is 0 Å². The summed E-state index contributed by atoms with van der Waals surface area (Å²) in [6, 6.07) is 19.7. The predicted octanol–water partition coefficient (Wildman–Crippen LogP) is 5.91. The predicted molar refractivity (Wildman–Crippen MR) is 127 cm³/mol. The van der Waals surface area contributed by atoms with Crippen LogP contribution in [0.2, 0.25) is 5.02 Å². The van der Waals surface area contributed by atoms with Gasteiger partial charge in [0.15, 0.2) is 0 Å². The van der Waals surface area contributed by atoms with Crippen LogP contribution in [0.15, 0.2) is 66.9 Å². The zero-order valence-electron chi connectivity index (χ0n) is 17.9. The summed E-state index contributed by atoms with van der Waals surface area (Å²) in [4.78, 5) is 6.95. The first-order valence-electron chi connectivity index (χ1n) is 10.8. The first kappa shape index (κ1) is 21.4. The van der Waals surface area contributed by atoms with Crippen LogP contribution in [0.5, 0.6) is 5.75 Å². The van der Waals surface area contributed by atoms with Gasteiger partial charge < -0.3 is 4.74 Å². The molecule has 0 bridgehead atoms. The number of hydrogen-bond donors (Lipinski definition) is 0. The molecule has 158 valence electrons. The van der Waals surface area contributed by atoms with Crippen LogP contribution in [-0.2, 0) is 0 Å². The monoisotopic (exact) mass is 430 g/mol. The maximum Gasteiger partial charge on any atom is 0.119 e. The third-order valence-corrected chi connectivity index (χ3v) is 5.93. The number of likely N-dealkylation sites (tertiary alicyclic amines) is 1. The first-order chi connectivity index (χ1) is 15.2. The van der Waals surface area contributed by atoms with Gasteiger partial charge in [0, 0.05) is 28.9 Å². The molecule has 1 aromatic heterocycles. The summed E-state index contributed by atoms with van der Waals surface area (Å²) < 4.78 is 5.91. The Labute approximate surface area is 190 Å². The molecule has 1 aliphatic rings. The van der Waals surface area contributed by atoms with Gasteiger partial charge in [0.2, 0.25) is 0 Å². The van der Waals surface area contributed by atoms with Gasteiger partial charge in [0.1, 0.15) is 18.1 Å². The Morgan fingerprint density at radius 1 is 0.935 bits per heavy atom. The highest BCUT2D eigenvalue weighted by atomic mass is 35.5. The average molecular weight is 431 g/mol. The second-order valence-corrected chi connectivity index (χ2v) is 8.52. The molecule has 0 saturated carbocycles. The largest absolute Gasteiger partial charge is 0.492 e. The molecular formula is C27H27ClN2O. The van der Waals surface area contributed by atoms with Crippen LogP contribution >= 0.6 is 11.6 Å². The fourth-order valence-electron chi connectivity index (χ4n) is 3.63. The quantitative estimate of drug-likeness (QED) is 0.470. The van der Waals surface area contributed by atoms with Crippen LogP contribution in [0.4, 0.5) is 0 Å². The van der Waals surface area contributed by atoms with E-state index in [0.29, 0.717) is 0 Å². The Hall–Kier alpha value is -2.80. The third kappa shape index (κ3) is 6.34. The average Bonchev–Trinajstić information content (AvgIpc) is 2.81. The number of pyridine rings is 1. The van der Waals surface area contributed by atoms with Crippen LogP contribution in [-0.4, -0.2) is 36.1 Å². The molecule has 1 saturated heterocycles. The number of nitrogens with zero attached hydrogens (tertiary/aromatic N) is 2. The van der Waals surface area contributed by atoms with Gasteiger partial charge in [-0.2, -0.15) is 0 Å². The molecule has 0 aliphatic carbocycles. The number of rotatable bonds is 5. The van der Waals surface area contributed by atoms with Gasteiger partial charge in [-0.3, -0.25) is 4.90 Å². The van der Waals surface area contributed by atoms with E-state index in [-0.39, 0.29) is 0 Å². The van der Waals surface area contributed by atoms with Crippen LogP contribution in [0.25, 0.3) is 11.1 Å². The molecule has 0 N–H and O–H groups in total. The van der Waals surface area contributed by atoms with Crippen LogP contribution < -0.4 is 4.74 Å². The van der Waals surface area contributed by atoms with Crippen molar-refractivity contribution in [2.24, 2.45) is 5.92 Å². The van der Waals surface area contributed by atoms with E-state index in [1.165, 1.54) is 25.9 Å². The molecule has 1 aliphatic heterocycles. The lowest BCUT2D eigenvalue weighted by Gasteiger charge is -2.29. The highest BCUT2D eigenvalue weighted by Crippen LogP contribution is 2.21. The lowest BCUT2D eigenvalue weighted by Crippen LogP contribution is -2.35. The lowest BCUT2D eigenvalue weighted by atomic mass is 9.99. The molecule has 4 rings (SSSR count). The Bertz CT molecular complexity index is 1030. The summed E-state index contributed by atoms with van der Waals surface area (Å²) in [6.07, 6.45) is 4.44. The molecule has 3 nitrogen and oxygen atoms in total. The maximum absolute atomic E-state index is 5.95. The van der Waals surface area contributed by atoms with E-state index >= 15 is 0 Å². The highest BCUT2D eigenvalue weighted by Gasteiger charge is 2.15. The van der Waals surface area contributed by atoms with E-state index in [1.54, 1.807) is 0 Å². The second kappa shape index (κ2) is 10.5. The smallest absolute Gasteiger partial charge is 0.119 e. The number of ether oxygens (including phenoxy) is 1. The third-order valence-electron chi connectivity index (χ3n) is 5.68. The second-order valence-electron chi connectivity index (χ2n) is 8.09. The molecule has 31 heavy (non-hydrogen) atoms. The minimum atomic E-state index is 0.725. The zero-order chi connectivity index (χ0) is 21.5. The fraction of sp³-hybridized carbons (Fsp3) is 0.296. The summed E-state index contributed by atoms with van der Waals surface area (Å²) in [5.74, 6) is 8.05. The van der Waals surface area contributed by atoms with Crippen molar-refractivity contribution in [3.8, 4) is 28.7 Å². The minimum absolute atomic E-state index is 0.725. The van der Waals surface area contributed by atoms with Gasteiger partial charge in [-0.25, -0.2) is 4.98 Å². The van der Waals surface area contributed by atoms with Gasteiger partial charge in [-0.1, -0.05) is 42.6 Å². The highest BCUT2D eigenvalue weighted by molar-refractivity contribution is 6.30. The summed E-state index contributed by atoms with van der Waals surface area (Å²) in [7, 11) is 0. The van der Waals surface area contributed by atoms with Crippen molar-refractivity contribution in [3.05, 3.63) is 83.1 Å². The summed E-state index contributed by atoms with van der Waals surface area (Å²) >= 11 is 5.95. The van der Waals surface area contributed by atoms with Crippen molar-refractivity contribution in [3.63, 3.8) is 0 Å². The van der Waals surface area contributed by atoms with Crippen LogP contribution in [0.1, 0.15) is 31.0 Å². The molecule has 4 heteroatoms. The molecule has 0 unspecified atom stereocenters. The molecule has 0 atom stereocenters. The fourth-order valence-corrected chi connectivity index (χ4v) is 3.76. The van der Waals surface area contributed by atoms with Crippen molar-refractivity contribution in [2.75, 3.05) is 26.2 Å². The van der Waals surface area contributed by atoms with Crippen LogP contribution in [0, 0.1) is 17.8 Å². The number of halogens is 1. The Morgan fingerprint density at radius 3 is 2.32 bits per heavy atom. The van der Waals surface area contributed by atoms with E-state index in [4.69, 9.17) is 16.3 Å². The zero-order valence-corrected chi connectivity index (χ0v) is 18.6. The van der Waals surface area contributed by atoms with Gasteiger partial charge in [-0.15, -0.1) is 0 Å². The van der Waals surface area contributed by atoms with E-state index in [0.717, 1.165) is 52.2 Å². The van der Waals surface area contributed by atoms with Crippen LogP contribution in [0.3, 0.4) is 0 Å². The Balaban J connectivity index is 1.28. The molecule has 2 aromatic carbocycles. The molecule has 0 amide bonds. The number of hydrogen-bond acceptors (Lipinski definition) is 3. The van der Waals surface area contributed by atoms with Crippen molar-refractivity contribution >= 4 is 11.6 Å². The van der Waals surface area contributed by atoms with Crippen molar-refractivity contribution in [1.82, 2.24) is 9.88 Å². The molecule has 3 aromatic rings. The van der Waals surface area contributed by atoms with Gasteiger partial charge in [-0.05, 0) is 85.8 Å². The molecule has 0 spiro atoms. The molecule has 1 fully saturated rings. The normalized spacial score (nSPS) is 14.6. The number of aromatic nitrogens is 1. The van der Waals surface area contributed by atoms with E-state index in [9.17, 15) is 0 Å². The van der Waals surface area contributed by atoms with Gasteiger partial charge in [0.25, 0.3) is 0 Å². The van der Waals surface area contributed by atoms with E-state index in [1.807, 2.05) is 66.9 Å². The standard InChI is InChI=1S/C27H27ClN2O/c1-21-14-16-30(17-15-21)18-19-31-27-12-3-22(4-13-27)2-10-26-11-7-24(20-29-26)23-5-8-25(28)9-6-23/h3-9,11-13,20-21H,14-19H2,1H3. The maximum atomic E-state index is 5.95. The minimum Gasteiger partial charge on any atom is -0.492 e. The Kier molecular flexibility index (Phi) is 7.25. The Morgan fingerprint density at radius 2 is 1.65 bits per heavy atom. The summed E-state index contributed by atoms with van der Waals surface area (Å²) in [5, 5.41) is 0.729. The van der Waals surface area contributed by atoms with Crippen molar-refractivity contribution < 1.29 is 4.74 Å². The van der Waals surface area contributed by atoms with Gasteiger partial charge >= 0.3 is 0 Å². The molecule has 0 radical (unpaired) electrons. The topological polar surface area (TPSA) is 25.4 Å².